The monoisotopic (exact) mass is 240 g/mol. The molecule has 1 aromatic rings. The molecule has 1 aliphatic carbocycles. The molecule has 0 unspecified atom stereocenters. The minimum absolute atomic E-state index is 0.815. The first kappa shape index (κ1) is 11.9. The Balaban J connectivity index is 1.66. The third kappa shape index (κ3) is 3.77. The number of methoxy groups -OCH3 is 1. The summed E-state index contributed by atoms with van der Waals surface area (Å²) in [4.78, 5) is 3.71. The van der Waals surface area contributed by atoms with Crippen molar-refractivity contribution in [3.05, 3.63) is 16.3 Å². The SMILES string of the molecule is COc1csc(CN(C)CCNC2CC2)c1. The summed E-state index contributed by atoms with van der Waals surface area (Å²) < 4.78 is 5.18. The molecular formula is C12H20N2OS. The molecule has 2 rings (SSSR count). The zero-order chi connectivity index (χ0) is 11.4. The van der Waals surface area contributed by atoms with Crippen LogP contribution in [-0.2, 0) is 6.54 Å². The minimum Gasteiger partial charge on any atom is -0.496 e. The fourth-order valence-corrected chi connectivity index (χ4v) is 2.55. The number of ether oxygens (including phenoxy) is 1. The van der Waals surface area contributed by atoms with Gasteiger partial charge in [-0.05, 0) is 26.0 Å². The van der Waals surface area contributed by atoms with Crippen molar-refractivity contribution in [3.8, 4) is 5.75 Å². The van der Waals surface area contributed by atoms with E-state index in [-0.39, 0.29) is 0 Å². The van der Waals surface area contributed by atoms with Crippen LogP contribution in [0.3, 0.4) is 0 Å². The maximum atomic E-state index is 5.18. The molecule has 0 aromatic carbocycles. The van der Waals surface area contributed by atoms with E-state index in [4.69, 9.17) is 4.74 Å². The summed E-state index contributed by atoms with van der Waals surface area (Å²) >= 11 is 1.77. The number of nitrogens with one attached hydrogen (secondary N) is 1. The number of nitrogens with zero attached hydrogens (tertiary/aromatic N) is 1. The summed E-state index contributed by atoms with van der Waals surface area (Å²) in [7, 11) is 3.88. The Bertz CT molecular complexity index is 323. The molecule has 0 amide bonds. The molecule has 90 valence electrons. The van der Waals surface area contributed by atoms with Crippen LogP contribution < -0.4 is 10.1 Å². The van der Waals surface area contributed by atoms with Crippen LogP contribution in [0.4, 0.5) is 0 Å². The minimum atomic E-state index is 0.815. The first-order valence-electron chi connectivity index (χ1n) is 5.81. The molecule has 1 heterocycles. The number of hydrogen-bond acceptors (Lipinski definition) is 4. The van der Waals surface area contributed by atoms with Gasteiger partial charge in [0.2, 0.25) is 0 Å². The fraction of sp³-hybridized carbons (Fsp3) is 0.667. The highest BCUT2D eigenvalue weighted by molar-refractivity contribution is 7.10. The lowest BCUT2D eigenvalue weighted by molar-refractivity contribution is 0.326. The Labute approximate surface area is 101 Å². The van der Waals surface area contributed by atoms with Gasteiger partial charge in [0.05, 0.1) is 7.11 Å². The fourth-order valence-electron chi connectivity index (χ4n) is 1.64. The van der Waals surface area contributed by atoms with Gasteiger partial charge in [-0.15, -0.1) is 11.3 Å². The van der Waals surface area contributed by atoms with Crippen LogP contribution in [0.2, 0.25) is 0 Å². The summed E-state index contributed by atoms with van der Waals surface area (Å²) in [6.45, 7) is 3.22. The third-order valence-electron chi connectivity index (χ3n) is 2.80. The van der Waals surface area contributed by atoms with E-state index in [1.54, 1.807) is 18.4 Å². The van der Waals surface area contributed by atoms with Crippen molar-refractivity contribution in [1.82, 2.24) is 10.2 Å². The second kappa shape index (κ2) is 5.66. The molecule has 0 atom stereocenters. The predicted octanol–water partition coefficient (Wildman–Crippen LogP) is 1.94. The first-order valence-corrected chi connectivity index (χ1v) is 6.69. The second-order valence-corrected chi connectivity index (χ2v) is 5.41. The number of thiophene rings is 1. The van der Waals surface area contributed by atoms with E-state index in [2.05, 4.69) is 28.7 Å². The average molecular weight is 240 g/mol. The highest BCUT2D eigenvalue weighted by Crippen LogP contribution is 2.22. The Morgan fingerprint density at radius 3 is 3.00 bits per heavy atom. The van der Waals surface area contributed by atoms with Gasteiger partial charge in [-0.25, -0.2) is 0 Å². The van der Waals surface area contributed by atoms with E-state index >= 15 is 0 Å². The van der Waals surface area contributed by atoms with Gasteiger partial charge in [-0.2, -0.15) is 0 Å². The molecule has 0 saturated heterocycles. The van der Waals surface area contributed by atoms with Crippen molar-refractivity contribution < 1.29 is 4.74 Å². The van der Waals surface area contributed by atoms with Gasteiger partial charge in [0.15, 0.2) is 0 Å². The van der Waals surface area contributed by atoms with Crippen LogP contribution in [0.5, 0.6) is 5.75 Å². The Kier molecular flexibility index (Phi) is 4.21. The standard InChI is InChI=1S/C12H20N2OS/c1-14(6-5-13-10-3-4-10)8-12-7-11(15-2)9-16-12/h7,9-10,13H,3-6,8H2,1-2H3. The number of rotatable bonds is 7. The molecule has 16 heavy (non-hydrogen) atoms. The summed E-state index contributed by atoms with van der Waals surface area (Å²) in [5.41, 5.74) is 0. The van der Waals surface area contributed by atoms with Crippen LogP contribution in [0.25, 0.3) is 0 Å². The molecule has 1 N–H and O–H groups in total. The van der Waals surface area contributed by atoms with Crippen molar-refractivity contribution >= 4 is 11.3 Å². The largest absolute Gasteiger partial charge is 0.496 e. The van der Waals surface area contributed by atoms with Crippen molar-refractivity contribution in [3.63, 3.8) is 0 Å². The molecule has 1 aliphatic rings. The van der Waals surface area contributed by atoms with Crippen LogP contribution in [0.15, 0.2) is 11.4 Å². The lowest BCUT2D eigenvalue weighted by atomic mass is 10.4. The summed E-state index contributed by atoms with van der Waals surface area (Å²) in [5.74, 6) is 0.976. The first-order chi connectivity index (χ1) is 7.78. The van der Waals surface area contributed by atoms with Crippen LogP contribution in [0, 0.1) is 0 Å². The zero-order valence-corrected chi connectivity index (χ0v) is 10.8. The molecule has 0 aliphatic heterocycles. The third-order valence-corrected chi connectivity index (χ3v) is 3.69. The Morgan fingerprint density at radius 1 is 1.56 bits per heavy atom. The lowest BCUT2D eigenvalue weighted by Gasteiger charge is -2.15. The molecule has 1 saturated carbocycles. The molecule has 4 heteroatoms. The smallest absolute Gasteiger partial charge is 0.129 e. The second-order valence-electron chi connectivity index (χ2n) is 4.42. The van der Waals surface area contributed by atoms with Gasteiger partial charge in [-0.1, -0.05) is 0 Å². The molecule has 0 spiro atoms. The van der Waals surface area contributed by atoms with Crippen molar-refractivity contribution in [2.24, 2.45) is 0 Å². The zero-order valence-electron chi connectivity index (χ0n) is 10.0. The number of likely N-dealkylation sites (N-methyl/N-ethyl adjacent to an activating group) is 1. The molecular weight excluding hydrogens is 220 g/mol. The van der Waals surface area contributed by atoms with Gasteiger partial charge in [0.25, 0.3) is 0 Å². The van der Waals surface area contributed by atoms with E-state index in [9.17, 15) is 0 Å². The highest BCUT2D eigenvalue weighted by atomic mass is 32.1. The molecule has 1 fully saturated rings. The quantitative estimate of drug-likeness (QED) is 0.788. The van der Waals surface area contributed by atoms with Crippen LogP contribution >= 0.6 is 11.3 Å². The van der Waals surface area contributed by atoms with E-state index < -0.39 is 0 Å². The van der Waals surface area contributed by atoms with Gasteiger partial charge >= 0.3 is 0 Å². The van der Waals surface area contributed by atoms with E-state index in [0.29, 0.717) is 0 Å². The topological polar surface area (TPSA) is 24.5 Å². The lowest BCUT2D eigenvalue weighted by Crippen LogP contribution is -2.29. The number of hydrogen-bond donors (Lipinski definition) is 1. The van der Waals surface area contributed by atoms with Crippen molar-refractivity contribution in [2.75, 3.05) is 27.2 Å². The van der Waals surface area contributed by atoms with Gasteiger partial charge in [0.1, 0.15) is 5.75 Å². The maximum absolute atomic E-state index is 5.18. The van der Waals surface area contributed by atoms with E-state index in [1.165, 1.54) is 17.7 Å². The van der Waals surface area contributed by atoms with Crippen LogP contribution in [0.1, 0.15) is 17.7 Å². The van der Waals surface area contributed by atoms with Gasteiger partial charge < -0.3 is 15.0 Å². The Morgan fingerprint density at radius 2 is 2.38 bits per heavy atom. The molecule has 0 radical (unpaired) electrons. The maximum Gasteiger partial charge on any atom is 0.129 e. The van der Waals surface area contributed by atoms with Crippen molar-refractivity contribution in [1.29, 1.82) is 0 Å². The summed E-state index contributed by atoms with van der Waals surface area (Å²) in [6, 6.07) is 2.94. The van der Waals surface area contributed by atoms with Crippen molar-refractivity contribution in [2.45, 2.75) is 25.4 Å². The normalized spacial score (nSPS) is 15.7. The Hall–Kier alpha value is -0.580. The predicted molar refractivity (Wildman–Crippen MR) is 68.2 cm³/mol. The summed E-state index contributed by atoms with van der Waals surface area (Å²) in [5, 5.41) is 5.59. The van der Waals surface area contributed by atoms with E-state index in [1.807, 2.05) is 0 Å². The average Bonchev–Trinajstić information content (AvgIpc) is 2.97. The molecule has 3 nitrogen and oxygen atoms in total. The van der Waals surface area contributed by atoms with Gasteiger partial charge in [-0.3, -0.25) is 0 Å². The molecule has 0 bridgehead atoms. The van der Waals surface area contributed by atoms with Crippen LogP contribution in [-0.4, -0.2) is 38.2 Å². The highest BCUT2D eigenvalue weighted by Gasteiger charge is 2.19. The molecule has 1 aromatic heterocycles. The summed E-state index contributed by atoms with van der Waals surface area (Å²) in [6.07, 6.45) is 2.73. The van der Waals surface area contributed by atoms with E-state index in [0.717, 1.165) is 31.4 Å². The van der Waals surface area contributed by atoms with Gasteiger partial charge in [0, 0.05) is 35.9 Å².